The van der Waals surface area contributed by atoms with Crippen molar-refractivity contribution in [3.05, 3.63) is 58.4 Å². The number of hydrogen-bond acceptors (Lipinski definition) is 6. The minimum atomic E-state index is -0.137. The molecule has 0 aliphatic carbocycles. The summed E-state index contributed by atoms with van der Waals surface area (Å²) in [6.07, 6.45) is 1.68. The Morgan fingerprint density at radius 2 is 2.11 bits per heavy atom. The van der Waals surface area contributed by atoms with Crippen molar-refractivity contribution >= 4 is 23.1 Å². The van der Waals surface area contributed by atoms with Crippen LogP contribution in [0.2, 0.25) is 0 Å². The molecule has 0 aliphatic rings. The van der Waals surface area contributed by atoms with Crippen molar-refractivity contribution < 1.29 is 14.3 Å². The van der Waals surface area contributed by atoms with Crippen LogP contribution in [0.3, 0.4) is 0 Å². The van der Waals surface area contributed by atoms with Crippen molar-refractivity contribution in [2.24, 2.45) is 0 Å². The Morgan fingerprint density at radius 3 is 2.82 bits per heavy atom. The molecule has 0 fully saturated rings. The van der Waals surface area contributed by atoms with Crippen LogP contribution in [0.1, 0.15) is 23.4 Å². The van der Waals surface area contributed by atoms with Crippen molar-refractivity contribution in [2.45, 2.75) is 19.5 Å². The van der Waals surface area contributed by atoms with Crippen LogP contribution in [0.4, 0.5) is 5.82 Å². The molecule has 0 spiro atoms. The number of anilines is 1. The van der Waals surface area contributed by atoms with Gasteiger partial charge in [0.2, 0.25) is 5.91 Å². The van der Waals surface area contributed by atoms with E-state index < -0.39 is 0 Å². The Bertz CT molecular complexity index is 908. The third-order valence-electron chi connectivity index (χ3n) is 4.34. The summed E-state index contributed by atoms with van der Waals surface area (Å²) in [7, 11) is 3.25. The molecule has 3 aromatic rings. The molecule has 0 radical (unpaired) electrons. The second kappa shape index (κ2) is 9.38. The van der Waals surface area contributed by atoms with Crippen LogP contribution in [0.25, 0.3) is 0 Å². The minimum Gasteiger partial charge on any atom is -0.497 e. The van der Waals surface area contributed by atoms with E-state index in [1.54, 1.807) is 42.5 Å². The standard InChI is InChI=1S/C20H24N4O3S/c1-14(17-11-15(26-2)6-7-18(17)27-3)21-12-20(25)23-19-8-9-22-24(19)13-16-5-4-10-28-16/h4-11,14,21H,12-13H2,1-3H3,(H,23,25). The Hall–Kier alpha value is -2.84. The molecule has 1 unspecified atom stereocenters. The quantitative estimate of drug-likeness (QED) is 0.576. The summed E-state index contributed by atoms with van der Waals surface area (Å²) in [5.41, 5.74) is 0.928. The molecule has 2 heterocycles. The average Bonchev–Trinajstić information content (AvgIpc) is 3.38. The molecular weight excluding hydrogens is 376 g/mol. The molecule has 0 saturated carbocycles. The third-order valence-corrected chi connectivity index (χ3v) is 5.20. The molecule has 1 atom stereocenters. The molecule has 0 bridgehead atoms. The molecule has 8 heteroatoms. The molecule has 148 valence electrons. The molecule has 28 heavy (non-hydrogen) atoms. The van der Waals surface area contributed by atoms with Crippen LogP contribution < -0.4 is 20.1 Å². The summed E-state index contributed by atoms with van der Waals surface area (Å²) < 4.78 is 12.5. The minimum absolute atomic E-state index is 0.0909. The van der Waals surface area contributed by atoms with Gasteiger partial charge in [-0.15, -0.1) is 11.3 Å². The lowest BCUT2D eigenvalue weighted by atomic mass is 10.1. The van der Waals surface area contributed by atoms with E-state index >= 15 is 0 Å². The van der Waals surface area contributed by atoms with E-state index in [0.29, 0.717) is 12.4 Å². The van der Waals surface area contributed by atoms with E-state index in [4.69, 9.17) is 9.47 Å². The zero-order valence-corrected chi connectivity index (χ0v) is 17.0. The number of nitrogens with one attached hydrogen (secondary N) is 2. The lowest BCUT2D eigenvalue weighted by Crippen LogP contribution is -2.31. The molecule has 0 saturated heterocycles. The van der Waals surface area contributed by atoms with Crippen LogP contribution in [0, 0.1) is 0 Å². The van der Waals surface area contributed by atoms with E-state index in [0.717, 1.165) is 17.1 Å². The predicted octanol–water partition coefficient (Wildman–Crippen LogP) is 3.30. The zero-order valence-electron chi connectivity index (χ0n) is 16.1. The van der Waals surface area contributed by atoms with Crippen molar-refractivity contribution in [1.29, 1.82) is 0 Å². The fourth-order valence-electron chi connectivity index (χ4n) is 2.84. The number of thiophene rings is 1. The van der Waals surface area contributed by atoms with Gasteiger partial charge in [0.1, 0.15) is 17.3 Å². The van der Waals surface area contributed by atoms with Gasteiger partial charge in [0.05, 0.1) is 33.5 Å². The number of methoxy groups -OCH3 is 2. The van der Waals surface area contributed by atoms with Crippen LogP contribution in [0.5, 0.6) is 11.5 Å². The second-order valence-corrected chi connectivity index (χ2v) is 7.24. The molecule has 2 aromatic heterocycles. The van der Waals surface area contributed by atoms with Crippen LogP contribution >= 0.6 is 11.3 Å². The monoisotopic (exact) mass is 400 g/mol. The van der Waals surface area contributed by atoms with Gasteiger partial charge in [-0.3, -0.25) is 4.79 Å². The highest BCUT2D eigenvalue weighted by molar-refractivity contribution is 7.09. The maximum absolute atomic E-state index is 12.4. The highest BCUT2D eigenvalue weighted by Gasteiger charge is 2.15. The Labute approximate surface area is 168 Å². The van der Waals surface area contributed by atoms with Crippen LogP contribution in [-0.4, -0.2) is 36.5 Å². The van der Waals surface area contributed by atoms with Gasteiger partial charge in [0.15, 0.2) is 0 Å². The van der Waals surface area contributed by atoms with Crippen molar-refractivity contribution in [2.75, 3.05) is 26.1 Å². The van der Waals surface area contributed by atoms with Gasteiger partial charge in [-0.25, -0.2) is 4.68 Å². The summed E-state index contributed by atoms with van der Waals surface area (Å²) in [5, 5.41) is 12.4. The zero-order chi connectivity index (χ0) is 19.9. The Kier molecular flexibility index (Phi) is 6.67. The van der Waals surface area contributed by atoms with Gasteiger partial charge in [-0.2, -0.15) is 5.10 Å². The number of benzene rings is 1. The van der Waals surface area contributed by atoms with Gasteiger partial charge < -0.3 is 20.1 Å². The van der Waals surface area contributed by atoms with E-state index in [1.807, 2.05) is 42.6 Å². The van der Waals surface area contributed by atoms with Gasteiger partial charge in [0, 0.05) is 22.5 Å². The van der Waals surface area contributed by atoms with E-state index in [2.05, 4.69) is 15.7 Å². The number of amides is 1. The predicted molar refractivity (Wildman–Crippen MR) is 110 cm³/mol. The molecule has 7 nitrogen and oxygen atoms in total. The SMILES string of the molecule is COc1ccc(OC)c(C(C)NCC(=O)Nc2ccnn2Cc2cccs2)c1. The summed E-state index contributed by atoms with van der Waals surface area (Å²) >= 11 is 1.66. The van der Waals surface area contributed by atoms with Gasteiger partial charge >= 0.3 is 0 Å². The fourth-order valence-corrected chi connectivity index (χ4v) is 3.52. The van der Waals surface area contributed by atoms with Crippen LogP contribution in [-0.2, 0) is 11.3 Å². The molecule has 0 aliphatic heterocycles. The van der Waals surface area contributed by atoms with E-state index in [-0.39, 0.29) is 18.5 Å². The first-order chi connectivity index (χ1) is 13.6. The third kappa shape index (κ3) is 4.90. The largest absolute Gasteiger partial charge is 0.497 e. The first-order valence-corrected chi connectivity index (χ1v) is 9.78. The number of rotatable bonds is 9. The highest BCUT2D eigenvalue weighted by atomic mass is 32.1. The Balaban J connectivity index is 1.58. The number of aromatic nitrogens is 2. The van der Waals surface area contributed by atoms with E-state index in [9.17, 15) is 4.79 Å². The average molecular weight is 401 g/mol. The topological polar surface area (TPSA) is 77.4 Å². The lowest BCUT2D eigenvalue weighted by molar-refractivity contribution is -0.115. The first-order valence-electron chi connectivity index (χ1n) is 8.90. The Morgan fingerprint density at radius 1 is 1.25 bits per heavy atom. The fraction of sp³-hybridized carbons (Fsp3) is 0.300. The lowest BCUT2D eigenvalue weighted by Gasteiger charge is -2.18. The summed E-state index contributed by atoms with van der Waals surface area (Å²) in [4.78, 5) is 13.6. The molecule has 3 rings (SSSR count). The number of nitrogens with zero attached hydrogens (tertiary/aromatic N) is 2. The number of carbonyl (C=O) groups excluding carboxylic acids is 1. The second-order valence-electron chi connectivity index (χ2n) is 6.21. The van der Waals surface area contributed by atoms with Gasteiger partial charge in [-0.1, -0.05) is 6.07 Å². The number of ether oxygens (including phenoxy) is 2. The van der Waals surface area contributed by atoms with E-state index in [1.165, 1.54) is 4.88 Å². The summed E-state index contributed by atoms with van der Waals surface area (Å²) in [5.74, 6) is 2.02. The first kappa shape index (κ1) is 19.9. The maximum Gasteiger partial charge on any atom is 0.239 e. The number of carbonyl (C=O) groups is 1. The van der Waals surface area contributed by atoms with Crippen molar-refractivity contribution in [1.82, 2.24) is 15.1 Å². The van der Waals surface area contributed by atoms with Gasteiger partial charge in [0.25, 0.3) is 0 Å². The van der Waals surface area contributed by atoms with Crippen molar-refractivity contribution in [3.63, 3.8) is 0 Å². The molecular formula is C20H24N4O3S. The number of hydrogen-bond donors (Lipinski definition) is 2. The molecule has 1 amide bonds. The molecule has 2 N–H and O–H groups in total. The highest BCUT2D eigenvalue weighted by Crippen LogP contribution is 2.29. The maximum atomic E-state index is 12.4. The van der Waals surface area contributed by atoms with Crippen molar-refractivity contribution in [3.8, 4) is 11.5 Å². The smallest absolute Gasteiger partial charge is 0.239 e. The van der Waals surface area contributed by atoms with Crippen LogP contribution in [0.15, 0.2) is 48.0 Å². The normalized spacial score (nSPS) is 11.8. The summed E-state index contributed by atoms with van der Waals surface area (Å²) in [6.45, 7) is 2.77. The van der Waals surface area contributed by atoms with Gasteiger partial charge in [-0.05, 0) is 36.6 Å². The summed E-state index contributed by atoms with van der Waals surface area (Å²) in [6, 6.07) is 11.4. The molecule has 1 aromatic carbocycles.